The van der Waals surface area contributed by atoms with Crippen molar-refractivity contribution in [2.24, 2.45) is 0 Å². The van der Waals surface area contributed by atoms with E-state index in [-0.39, 0.29) is 0 Å². The predicted molar refractivity (Wildman–Crippen MR) is 106 cm³/mol. The van der Waals surface area contributed by atoms with Gasteiger partial charge < -0.3 is 9.30 Å². The largest absolute Gasteiger partial charge is 0.354 e. The lowest BCUT2D eigenvalue weighted by molar-refractivity contribution is 0.246. The Labute approximate surface area is 158 Å². The van der Waals surface area contributed by atoms with Gasteiger partial charge in [0.2, 0.25) is 0 Å². The third-order valence-electron chi connectivity index (χ3n) is 5.00. The number of aryl methyl sites for hydroxylation is 1. The summed E-state index contributed by atoms with van der Waals surface area (Å²) in [4.78, 5) is 18.9. The van der Waals surface area contributed by atoms with Crippen molar-refractivity contribution < 1.29 is 0 Å². The molecule has 3 aromatic heterocycles. The molecular formula is C19H24N6S. The van der Waals surface area contributed by atoms with E-state index in [2.05, 4.69) is 39.2 Å². The van der Waals surface area contributed by atoms with Crippen molar-refractivity contribution in [1.29, 1.82) is 0 Å². The van der Waals surface area contributed by atoms with E-state index >= 15 is 0 Å². The van der Waals surface area contributed by atoms with E-state index in [1.165, 1.54) is 5.56 Å². The number of fused-ring (bicyclic) bond motifs is 1. The molecule has 0 amide bonds. The topological polar surface area (TPSA) is 49.6 Å². The monoisotopic (exact) mass is 368 g/mol. The first-order chi connectivity index (χ1) is 12.6. The number of piperazine rings is 1. The fourth-order valence-corrected chi connectivity index (χ4v) is 3.80. The predicted octanol–water partition coefficient (Wildman–Crippen LogP) is 2.79. The highest BCUT2D eigenvalue weighted by molar-refractivity contribution is 7.98. The zero-order valence-corrected chi connectivity index (χ0v) is 16.3. The molecule has 0 atom stereocenters. The summed E-state index contributed by atoms with van der Waals surface area (Å²) in [7, 11) is 0. The van der Waals surface area contributed by atoms with Gasteiger partial charge in [-0.05, 0) is 32.2 Å². The molecule has 0 spiro atoms. The van der Waals surface area contributed by atoms with Gasteiger partial charge in [-0.25, -0.2) is 15.0 Å². The van der Waals surface area contributed by atoms with Crippen LogP contribution in [0.5, 0.6) is 0 Å². The summed E-state index contributed by atoms with van der Waals surface area (Å²) in [5.41, 5.74) is 4.41. The van der Waals surface area contributed by atoms with Crippen LogP contribution < -0.4 is 4.90 Å². The van der Waals surface area contributed by atoms with E-state index in [9.17, 15) is 0 Å². The lowest BCUT2D eigenvalue weighted by Gasteiger charge is -2.35. The van der Waals surface area contributed by atoms with Crippen molar-refractivity contribution in [3.63, 3.8) is 0 Å². The highest BCUT2D eigenvalue weighted by atomic mass is 32.2. The normalized spacial score (nSPS) is 15.7. The Balaban J connectivity index is 1.43. The number of pyridine rings is 1. The van der Waals surface area contributed by atoms with E-state index < -0.39 is 0 Å². The quantitative estimate of drug-likeness (QED) is 0.521. The van der Waals surface area contributed by atoms with Gasteiger partial charge in [-0.2, -0.15) is 0 Å². The number of rotatable bonds is 4. The smallest absolute Gasteiger partial charge is 0.189 e. The molecule has 1 aliphatic rings. The number of anilines is 1. The van der Waals surface area contributed by atoms with Gasteiger partial charge in [-0.1, -0.05) is 17.8 Å². The van der Waals surface area contributed by atoms with Crippen molar-refractivity contribution in [3.05, 3.63) is 47.5 Å². The minimum atomic E-state index is 0.857. The van der Waals surface area contributed by atoms with E-state index in [4.69, 9.17) is 9.97 Å². The zero-order valence-electron chi connectivity index (χ0n) is 15.5. The van der Waals surface area contributed by atoms with Crippen molar-refractivity contribution in [2.75, 3.05) is 37.3 Å². The molecule has 4 rings (SSSR count). The van der Waals surface area contributed by atoms with Crippen LogP contribution in [0.25, 0.3) is 5.65 Å². The third-order valence-corrected chi connectivity index (χ3v) is 5.54. The molecular weight excluding hydrogens is 344 g/mol. The summed E-state index contributed by atoms with van der Waals surface area (Å²) in [5, 5.41) is 0.857. The first-order valence-electron chi connectivity index (χ1n) is 8.93. The van der Waals surface area contributed by atoms with Crippen molar-refractivity contribution in [3.8, 4) is 0 Å². The maximum Gasteiger partial charge on any atom is 0.189 e. The van der Waals surface area contributed by atoms with Gasteiger partial charge in [0, 0.05) is 56.4 Å². The van der Waals surface area contributed by atoms with Crippen LogP contribution in [0.3, 0.4) is 0 Å². The minimum absolute atomic E-state index is 0.857. The van der Waals surface area contributed by atoms with Gasteiger partial charge in [0.25, 0.3) is 0 Å². The highest BCUT2D eigenvalue weighted by Gasteiger charge is 2.21. The highest BCUT2D eigenvalue weighted by Crippen LogP contribution is 2.24. The molecule has 1 aliphatic heterocycles. The van der Waals surface area contributed by atoms with Gasteiger partial charge >= 0.3 is 0 Å². The number of thioether (sulfide) groups is 1. The van der Waals surface area contributed by atoms with Gasteiger partial charge in [0.15, 0.2) is 5.16 Å². The number of nitrogens with zero attached hydrogens (tertiary/aromatic N) is 6. The summed E-state index contributed by atoms with van der Waals surface area (Å²) in [6.45, 7) is 9.10. The first kappa shape index (κ1) is 17.3. The van der Waals surface area contributed by atoms with Crippen molar-refractivity contribution in [1.82, 2.24) is 24.3 Å². The van der Waals surface area contributed by atoms with E-state index in [1.807, 2.05) is 30.7 Å². The molecule has 6 nitrogen and oxygen atoms in total. The molecule has 0 aromatic carbocycles. The van der Waals surface area contributed by atoms with Gasteiger partial charge in [0.1, 0.15) is 11.5 Å². The SMILES string of the molecule is CSc1nc(C)c(C)c(N2CCN(Cc3cn4ccccc4n3)CC2)n1. The standard InChI is InChI=1S/C19H24N6S/c1-14-15(2)20-19(26-3)22-18(14)24-10-8-23(9-11-24)12-16-13-25-7-5-4-6-17(25)21-16/h4-7,13H,8-12H2,1-3H3. The van der Waals surface area contributed by atoms with Crippen LogP contribution in [0, 0.1) is 13.8 Å². The number of aromatic nitrogens is 4. The fourth-order valence-electron chi connectivity index (χ4n) is 3.40. The Morgan fingerprint density at radius 2 is 1.85 bits per heavy atom. The maximum atomic E-state index is 4.76. The lowest BCUT2D eigenvalue weighted by atomic mass is 10.2. The average Bonchev–Trinajstić information content (AvgIpc) is 3.07. The summed E-state index contributed by atoms with van der Waals surface area (Å²) < 4.78 is 2.09. The maximum absolute atomic E-state index is 4.76. The van der Waals surface area contributed by atoms with Crippen LogP contribution in [0.1, 0.15) is 17.0 Å². The zero-order chi connectivity index (χ0) is 18.1. The van der Waals surface area contributed by atoms with Crippen LogP contribution >= 0.6 is 11.8 Å². The molecule has 0 N–H and O–H groups in total. The summed E-state index contributed by atoms with van der Waals surface area (Å²) in [6.07, 6.45) is 6.21. The Morgan fingerprint density at radius 1 is 1.04 bits per heavy atom. The second-order valence-corrected chi connectivity index (χ2v) is 7.48. The summed E-state index contributed by atoms with van der Waals surface area (Å²) in [6, 6.07) is 6.11. The van der Waals surface area contributed by atoms with E-state index in [1.54, 1.807) is 11.8 Å². The molecule has 26 heavy (non-hydrogen) atoms. The second-order valence-electron chi connectivity index (χ2n) is 6.71. The second kappa shape index (κ2) is 7.25. The molecule has 0 aliphatic carbocycles. The summed E-state index contributed by atoms with van der Waals surface area (Å²) >= 11 is 1.60. The Morgan fingerprint density at radius 3 is 2.58 bits per heavy atom. The molecule has 1 saturated heterocycles. The van der Waals surface area contributed by atoms with Crippen LogP contribution in [0.15, 0.2) is 35.7 Å². The lowest BCUT2D eigenvalue weighted by Crippen LogP contribution is -2.46. The molecule has 0 saturated carbocycles. The fraction of sp³-hybridized carbons (Fsp3) is 0.421. The van der Waals surface area contributed by atoms with Gasteiger partial charge in [-0.15, -0.1) is 0 Å². The Hall–Kier alpha value is -2.12. The van der Waals surface area contributed by atoms with E-state index in [0.717, 1.165) is 60.7 Å². The average molecular weight is 369 g/mol. The van der Waals surface area contributed by atoms with Crippen molar-refractivity contribution >= 4 is 23.2 Å². The third kappa shape index (κ3) is 3.41. The van der Waals surface area contributed by atoms with Crippen LogP contribution in [0.4, 0.5) is 5.82 Å². The van der Waals surface area contributed by atoms with Crippen LogP contribution in [-0.4, -0.2) is 56.7 Å². The minimum Gasteiger partial charge on any atom is -0.354 e. The molecule has 7 heteroatoms. The number of hydrogen-bond donors (Lipinski definition) is 0. The van der Waals surface area contributed by atoms with Gasteiger partial charge in [0.05, 0.1) is 5.69 Å². The molecule has 0 bridgehead atoms. The first-order valence-corrected chi connectivity index (χ1v) is 10.2. The number of hydrogen-bond acceptors (Lipinski definition) is 6. The van der Waals surface area contributed by atoms with Crippen molar-refractivity contribution in [2.45, 2.75) is 25.5 Å². The molecule has 3 aromatic rings. The van der Waals surface area contributed by atoms with Crippen LogP contribution in [-0.2, 0) is 6.54 Å². The molecule has 1 fully saturated rings. The molecule has 136 valence electrons. The Kier molecular flexibility index (Phi) is 4.82. The molecule has 0 radical (unpaired) electrons. The molecule has 0 unspecified atom stereocenters. The Bertz CT molecular complexity index is 881. The van der Waals surface area contributed by atoms with Gasteiger partial charge in [-0.3, -0.25) is 4.90 Å². The number of imidazole rings is 1. The molecule has 4 heterocycles. The van der Waals surface area contributed by atoms with E-state index in [0.29, 0.717) is 0 Å². The van der Waals surface area contributed by atoms with Crippen LogP contribution in [0.2, 0.25) is 0 Å². The summed E-state index contributed by atoms with van der Waals surface area (Å²) in [5.74, 6) is 1.09.